The van der Waals surface area contributed by atoms with Gasteiger partial charge in [0.1, 0.15) is 10.9 Å². The summed E-state index contributed by atoms with van der Waals surface area (Å²) in [7, 11) is -3.84. The molecular weight excluding hydrogens is 522 g/mol. The van der Waals surface area contributed by atoms with E-state index < -0.39 is 9.84 Å². The van der Waals surface area contributed by atoms with Crippen LogP contribution in [0.5, 0.6) is 0 Å². The van der Waals surface area contributed by atoms with Crippen LogP contribution in [0.2, 0.25) is 0 Å². The van der Waals surface area contributed by atoms with E-state index in [0.29, 0.717) is 12.4 Å². The number of hydrogen-bond donors (Lipinski definition) is 2. The molecule has 0 unspecified atom stereocenters. The Morgan fingerprint density at radius 1 is 0.939 bits per heavy atom. The van der Waals surface area contributed by atoms with E-state index >= 15 is 0 Å². The molecule has 1 amide bonds. The molecule has 3 aromatic carbocycles. The minimum absolute atomic E-state index is 0.0174. The van der Waals surface area contributed by atoms with Gasteiger partial charge in [-0.05, 0) is 23.8 Å². The molecule has 0 bridgehead atoms. The summed E-state index contributed by atoms with van der Waals surface area (Å²) in [4.78, 5) is 20.1. The summed E-state index contributed by atoms with van der Waals surface area (Å²) in [5.74, 6) is 0.241. The van der Waals surface area contributed by atoms with Crippen molar-refractivity contribution in [2.45, 2.75) is 21.5 Å². The van der Waals surface area contributed by atoms with Crippen molar-refractivity contribution in [1.82, 2.24) is 15.3 Å². The molecule has 0 aliphatic heterocycles. The zero-order chi connectivity index (χ0) is 23.3. The van der Waals surface area contributed by atoms with Gasteiger partial charge in [-0.3, -0.25) is 4.79 Å². The summed E-state index contributed by atoms with van der Waals surface area (Å²) in [6, 6.07) is 25.1. The lowest BCUT2D eigenvalue weighted by atomic mass is 10.2. The van der Waals surface area contributed by atoms with Crippen molar-refractivity contribution in [3.8, 4) is 11.4 Å². The highest BCUT2D eigenvalue weighted by Gasteiger charge is 2.26. The maximum absolute atomic E-state index is 13.3. The van der Waals surface area contributed by atoms with Crippen LogP contribution in [0.3, 0.4) is 0 Å². The van der Waals surface area contributed by atoms with Crippen LogP contribution in [-0.4, -0.2) is 30.0 Å². The number of halogens is 1. The van der Waals surface area contributed by atoms with Crippen molar-refractivity contribution in [1.29, 1.82) is 0 Å². The number of aromatic amines is 1. The fourth-order valence-corrected chi connectivity index (χ4v) is 5.99. The van der Waals surface area contributed by atoms with Crippen LogP contribution in [0.4, 0.5) is 0 Å². The van der Waals surface area contributed by atoms with Gasteiger partial charge in [0.2, 0.25) is 15.7 Å². The molecule has 4 aromatic rings. The molecule has 0 radical (unpaired) electrons. The first-order chi connectivity index (χ1) is 15.9. The average molecular weight is 542 g/mol. The number of sulfone groups is 1. The van der Waals surface area contributed by atoms with Gasteiger partial charge in [0.15, 0.2) is 5.03 Å². The SMILES string of the molecule is O=C(CSc1nc(-c2ccccc2)[nH]c1S(=O)(=O)c1ccccc1)NCc1ccccc1Br. The molecule has 2 N–H and O–H groups in total. The summed E-state index contributed by atoms with van der Waals surface area (Å²) in [6.07, 6.45) is 0. The van der Waals surface area contributed by atoms with Crippen LogP contribution < -0.4 is 5.32 Å². The van der Waals surface area contributed by atoms with Crippen molar-refractivity contribution in [2.75, 3.05) is 5.75 Å². The van der Waals surface area contributed by atoms with Gasteiger partial charge in [-0.1, -0.05) is 94.4 Å². The van der Waals surface area contributed by atoms with Crippen molar-refractivity contribution >= 4 is 43.4 Å². The van der Waals surface area contributed by atoms with E-state index in [1.165, 1.54) is 12.1 Å². The predicted molar refractivity (Wildman–Crippen MR) is 133 cm³/mol. The van der Waals surface area contributed by atoms with E-state index in [4.69, 9.17) is 0 Å². The number of amides is 1. The summed E-state index contributed by atoms with van der Waals surface area (Å²) in [5.41, 5.74) is 1.71. The second-order valence-electron chi connectivity index (χ2n) is 7.06. The van der Waals surface area contributed by atoms with Gasteiger partial charge >= 0.3 is 0 Å². The lowest BCUT2D eigenvalue weighted by molar-refractivity contribution is -0.118. The highest BCUT2D eigenvalue weighted by molar-refractivity contribution is 9.10. The number of H-pyrrole nitrogens is 1. The minimum Gasteiger partial charge on any atom is -0.351 e. The minimum atomic E-state index is -3.84. The van der Waals surface area contributed by atoms with E-state index in [2.05, 4.69) is 31.2 Å². The summed E-state index contributed by atoms with van der Waals surface area (Å²) in [5, 5.41) is 3.10. The molecule has 0 atom stereocenters. The molecule has 0 saturated heterocycles. The monoisotopic (exact) mass is 541 g/mol. The molecular formula is C24H20BrN3O3S2. The molecule has 0 saturated carbocycles. The van der Waals surface area contributed by atoms with Gasteiger partial charge in [0, 0.05) is 16.6 Å². The number of thioether (sulfide) groups is 1. The molecule has 33 heavy (non-hydrogen) atoms. The smallest absolute Gasteiger partial charge is 0.230 e. The van der Waals surface area contributed by atoms with Crippen LogP contribution in [0.25, 0.3) is 11.4 Å². The third kappa shape index (κ3) is 5.55. The average Bonchev–Trinajstić information content (AvgIpc) is 3.29. The topological polar surface area (TPSA) is 91.9 Å². The lowest BCUT2D eigenvalue weighted by Gasteiger charge is -2.07. The second kappa shape index (κ2) is 10.4. The van der Waals surface area contributed by atoms with Crippen LogP contribution in [0.15, 0.2) is 104 Å². The van der Waals surface area contributed by atoms with Gasteiger partial charge in [0.05, 0.1) is 10.6 Å². The van der Waals surface area contributed by atoms with E-state index in [9.17, 15) is 13.2 Å². The van der Waals surface area contributed by atoms with Gasteiger partial charge in [-0.25, -0.2) is 13.4 Å². The highest BCUT2D eigenvalue weighted by Crippen LogP contribution is 2.32. The Hall–Kier alpha value is -2.88. The van der Waals surface area contributed by atoms with Gasteiger partial charge < -0.3 is 10.3 Å². The Labute approximate surface area is 204 Å². The Morgan fingerprint density at radius 2 is 1.58 bits per heavy atom. The van der Waals surface area contributed by atoms with Crippen molar-refractivity contribution in [3.63, 3.8) is 0 Å². The van der Waals surface area contributed by atoms with Crippen LogP contribution in [0, 0.1) is 0 Å². The molecule has 168 valence electrons. The number of rotatable bonds is 8. The van der Waals surface area contributed by atoms with Crippen LogP contribution in [0.1, 0.15) is 5.56 Å². The summed E-state index contributed by atoms with van der Waals surface area (Å²) >= 11 is 4.55. The third-order valence-electron chi connectivity index (χ3n) is 4.78. The number of nitrogens with one attached hydrogen (secondary N) is 2. The molecule has 0 aliphatic rings. The van der Waals surface area contributed by atoms with Crippen molar-refractivity contribution in [2.24, 2.45) is 0 Å². The quantitative estimate of drug-likeness (QED) is 0.303. The Balaban J connectivity index is 1.57. The molecule has 9 heteroatoms. The molecule has 6 nitrogen and oxygen atoms in total. The molecule has 1 aromatic heterocycles. The van der Waals surface area contributed by atoms with Crippen molar-refractivity contribution in [3.05, 3.63) is 95.0 Å². The number of carbonyl (C=O) groups is 1. The number of carbonyl (C=O) groups excluding carboxylic acids is 1. The van der Waals surface area contributed by atoms with E-state index in [1.54, 1.807) is 18.2 Å². The predicted octanol–water partition coefficient (Wildman–Crippen LogP) is 5.08. The first-order valence-corrected chi connectivity index (χ1v) is 13.3. The summed E-state index contributed by atoms with van der Waals surface area (Å²) < 4.78 is 27.5. The normalized spacial score (nSPS) is 11.3. The standard InChI is InChI=1S/C24H20BrN3O3S2/c25-20-14-8-7-11-18(20)15-26-21(29)16-32-23-24(33(30,31)19-12-5-2-6-13-19)28-22(27-23)17-9-3-1-4-10-17/h1-14H,15-16H2,(H,26,29)(H,27,28). The molecule has 1 heterocycles. The first kappa shape index (κ1) is 23.3. The van der Waals surface area contributed by atoms with Gasteiger partial charge in [-0.15, -0.1) is 0 Å². The van der Waals surface area contributed by atoms with E-state index in [-0.39, 0.29) is 26.6 Å². The molecule has 4 rings (SSSR count). The number of benzene rings is 3. The van der Waals surface area contributed by atoms with Gasteiger partial charge in [-0.2, -0.15) is 0 Å². The third-order valence-corrected chi connectivity index (χ3v) is 8.39. The molecule has 0 spiro atoms. The van der Waals surface area contributed by atoms with Crippen LogP contribution >= 0.6 is 27.7 Å². The zero-order valence-electron chi connectivity index (χ0n) is 17.4. The number of aromatic nitrogens is 2. The van der Waals surface area contributed by atoms with Crippen LogP contribution in [-0.2, 0) is 21.2 Å². The fourth-order valence-electron chi connectivity index (χ4n) is 3.09. The number of imidazole rings is 1. The number of nitrogens with zero attached hydrogens (tertiary/aromatic N) is 1. The Kier molecular flexibility index (Phi) is 7.32. The zero-order valence-corrected chi connectivity index (χ0v) is 20.6. The first-order valence-electron chi connectivity index (χ1n) is 10.0. The second-order valence-corrected chi connectivity index (χ2v) is 10.8. The lowest BCUT2D eigenvalue weighted by Crippen LogP contribution is -2.24. The van der Waals surface area contributed by atoms with Gasteiger partial charge in [0.25, 0.3) is 0 Å². The summed E-state index contributed by atoms with van der Waals surface area (Å²) in [6.45, 7) is 0.367. The molecule has 0 fully saturated rings. The maximum Gasteiger partial charge on any atom is 0.230 e. The van der Waals surface area contributed by atoms with E-state index in [0.717, 1.165) is 27.4 Å². The van der Waals surface area contributed by atoms with Crippen molar-refractivity contribution < 1.29 is 13.2 Å². The molecule has 0 aliphatic carbocycles. The Bertz CT molecular complexity index is 1360. The fraction of sp³-hybridized carbons (Fsp3) is 0.0833. The largest absolute Gasteiger partial charge is 0.351 e. The number of hydrogen-bond acceptors (Lipinski definition) is 5. The van der Waals surface area contributed by atoms with E-state index in [1.807, 2.05) is 54.6 Å². The highest BCUT2D eigenvalue weighted by atomic mass is 79.9. The Morgan fingerprint density at radius 3 is 2.27 bits per heavy atom. The maximum atomic E-state index is 13.3.